The maximum atomic E-state index is 11.3. The van der Waals surface area contributed by atoms with Crippen LogP contribution in [0.25, 0.3) is 11.5 Å². The molecule has 1 aliphatic carbocycles. The number of nitrogens with zero attached hydrogens (tertiary/aromatic N) is 3. The summed E-state index contributed by atoms with van der Waals surface area (Å²) in [6.07, 6.45) is 6.35. The second kappa shape index (κ2) is 5.65. The highest BCUT2D eigenvalue weighted by Crippen LogP contribution is 2.34. The first-order valence-corrected chi connectivity index (χ1v) is 6.86. The van der Waals surface area contributed by atoms with Gasteiger partial charge in [0.05, 0.1) is 16.9 Å². The number of halogens is 1. The maximum Gasteiger partial charge on any atom is 0.307 e. The molecule has 0 amide bonds. The molecule has 6 nitrogen and oxygen atoms in total. The van der Waals surface area contributed by atoms with Crippen LogP contribution < -0.4 is 0 Å². The van der Waals surface area contributed by atoms with Gasteiger partial charge in [0.15, 0.2) is 0 Å². The van der Waals surface area contributed by atoms with Crippen LogP contribution in [0.3, 0.4) is 0 Å². The van der Waals surface area contributed by atoms with Gasteiger partial charge in [0.2, 0.25) is 11.7 Å². The molecule has 21 heavy (non-hydrogen) atoms. The molecule has 0 bridgehead atoms. The average molecular weight is 306 g/mol. The van der Waals surface area contributed by atoms with Gasteiger partial charge in [0.1, 0.15) is 5.69 Å². The molecule has 2 aromatic heterocycles. The third kappa shape index (κ3) is 2.80. The molecule has 0 saturated carbocycles. The Kier molecular flexibility index (Phi) is 3.70. The van der Waals surface area contributed by atoms with E-state index in [1.165, 1.54) is 6.20 Å². The summed E-state index contributed by atoms with van der Waals surface area (Å²) in [6, 6.07) is 3.37. The first-order chi connectivity index (χ1) is 10.1. The maximum absolute atomic E-state index is 11.3. The fourth-order valence-corrected chi connectivity index (χ4v) is 2.47. The zero-order valence-corrected chi connectivity index (χ0v) is 11.7. The molecule has 7 heteroatoms. The van der Waals surface area contributed by atoms with Crippen LogP contribution in [0, 0.1) is 5.92 Å². The fraction of sp³-hybridized carbons (Fsp3) is 0.286. The van der Waals surface area contributed by atoms with Gasteiger partial charge in [0, 0.05) is 6.20 Å². The summed E-state index contributed by atoms with van der Waals surface area (Å²) in [7, 11) is 0. The van der Waals surface area contributed by atoms with Crippen LogP contribution >= 0.6 is 11.6 Å². The quantitative estimate of drug-likeness (QED) is 0.877. The molecule has 0 fully saturated rings. The molecule has 2 unspecified atom stereocenters. The van der Waals surface area contributed by atoms with Crippen molar-refractivity contribution in [1.82, 2.24) is 15.1 Å². The molecule has 3 rings (SSSR count). The number of hydrogen-bond donors (Lipinski definition) is 1. The highest BCUT2D eigenvalue weighted by atomic mass is 35.5. The molecule has 2 heterocycles. The van der Waals surface area contributed by atoms with Gasteiger partial charge in [0.25, 0.3) is 0 Å². The molecule has 1 N–H and O–H groups in total. The SMILES string of the molecule is O=C(O)C1CC=CCC1c1nc(-c2ccc(Cl)cn2)no1. The smallest absolute Gasteiger partial charge is 0.307 e. The third-order valence-corrected chi connectivity index (χ3v) is 3.69. The van der Waals surface area contributed by atoms with Crippen molar-refractivity contribution in [3.8, 4) is 11.5 Å². The number of aromatic nitrogens is 3. The molecule has 0 radical (unpaired) electrons. The van der Waals surface area contributed by atoms with Crippen molar-refractivity contribution in [2.45, 2.75) is 18.8 Å². The van der Waals surface area contributed by atoms with Crippen molar-refractivity contribution in [3.05, 3.63) is 41.4 Å². The number of carboxylic acid groups (broad SMARTS) is 1. The molecular formula is C14H12ClN3O3. The summed E-state index contributed by atoms with van der Waals surface area (Å²) < 4.78 is 5.24. The summed E-state index contributed by atoms with van der Waals surface area (Å²) in [4.78, 5) is 19.7. The Hall–Kier alpha value is -2.21. The summed E-state index contributed by atoms with van der Waals surface area (Å²) in [5.41, 5.74) is 0.535. The van der Waals surface area contributed by atoms with Gasteiger partial charge in [-0.05, 0) is 25.0 Å². The van der Waals surface area contributed by atoms with E-state index < -0.39 is 11.9 Å². The zero-order chi connectivity index (χ0) is 14.8. The number of allylic oxidation sites excluding steroid dienone is 2. The zero-order valence-electron chi connectivity index (χ0n) is 10.9. The number of rotatable bonds is 3. The Bertz CT molecular complexity index is 681. The predicted molar refractivity (Wildman–Crippen MR) is 74.8 cm³/mol. The van der Waals surface area contributed by atoms with Crippen LogP contribution in [0.4, 0.5) is 0 Å². The van der Waals surface area contributed by atoms with Crippen molar-refractivity contribution in [2.75, 3.05) is 0 Å². The molecule has 0 spiro atoms. The van der Waals surface area contributed by atoms with Crippen molar-refractivity contribution in [3.63, 3.8) is 0 Å². The molecule has 108 valence electrons. The Morgan fingerprint density at radius 2 is 2.14 bits per heavy atom. The largest absolute Gasteiger partial charge is 0.481 e. The first kappa shape index (κ1) is 13.8. The summed E-state index contributed by atoms with van der Waals surface area (Å²) in [5.74, 6) is -1.03. The molecular weight excluding hydrogens is 294 g/mol. The van der Waals surface area contributed by atoms with E-state index in [0.29, 0.717) is 35.3 Å². The van der Waals surface area contributed by atoms with Crippen LogP contribution in [0.1, 0.15) is 24.7 Å². The minimum Gasteiger partial charge on any atom is -0.481 e. The lowest BCUT2D eigenvalue weighted by Gasteiger charge is -2.21. The Labute approximate surface area is 125 Å². The first-order valence-electron chi connectivity index (χ1n) is 6.48. The van der Waals surface area contributed by atoms with Gasteiger partial charge in [-0.25, -0.2) is 0 Å². The summed E-state index contributed by atoms with van der Waals surface area (Å²) >= 11 is 5.78. The van der Waals surface area contributed by atoms with E-state index in [1.807, 2.05) is 12.2 Å². The monoisotopic (exact) mass is 305 g/mol. The molecule has 2 aromatic rings. The number of pyridine rings is 1. The highest BCUT2D eigenvalue weighted by Gasteiger charge is 2.34. The van der Waals surface area contributed by atoms with Gasteiger partial charge in [-0.2, -0.15) is 4.98 Å². The van der Waals surface area contributed by atoms with E-state index in [-0.39, 0.29) is 5.92 Å². The van der Waals surface area contributed by atoms with E-state index in [2.05, 4.69) is 15.1 Å². The van der Waals surface area contributed by atoms with Crippen LogP contribution in [-0.2, 0) is 4.79 Å². The Balaban J connectivity index is 1.88. The molecule has 1 aliphatic rings. The van der Waals surface area contributed by atoms with Crippen LogP contribution in [0.15, 0.2) is 35.0 Å². The Morgan fingerprint density at radius 1 is 1.33 bits per heavy atom. The Morgan fingerprint density at radius 3 is 2.86 bits per heavy atom. The standard InChI is InChI=1S/C14H12ClN3O3/c15-8-5-6-11(16-7-8)12-17-13(21-18-12)9-3-1-2-4-10(9)14(19)20/h1-2,5-7,9-10H,3-4H2,(H,19,20). The lowest BCUT2D eigenvalue weighted by atomic mass is 9.83. The predicted octanol–water partition coefficient (Wildman–Crippen LogP) is 2.92. The lowest BCUT2D eigenvalue weighted by Crippen LogP contribution is -2.23. The number of aliphatic carboxylic acids is 1. The number of carbonyl (C=O) groups is 1. The van der Waals surface area contributed by atoms with Gasteiger partial charge >= 0.3 is 5.97 Å². The van der Waals surface area contributed by atoms with E-state index in [4.69, 9.17) is 16.1 Å². The molecule has 0 aromatic carbocycles. The number of carboxylic acids is 1. The summed E-state index contributed by atoms with van der Waals surface area (Å²) in [5, 5.41) is 13.7. The van der Waals surface area contributed by atoms with Gasteiger partial charge < -0.3 is 9.63 Å². The van der Waals surface area contributed by atoms with Crippen molar-refractivity contribution in [1.29, 1.82) is 0 Å². The minimum absolute atomic E-state index is 0.305. The summed E-state index contributed by atoms with van der Waals surface area (Å²) in [6.45, 7) is 0. The van der Waals surface area contributed by atoms with Crippen LogP contribution in [0.5, 0.6) is 0 Å². The topological polar surface area (TPSA) is 89.1 Å². The van der Waals surface area contributed by atoms with Crippen molar-refractivity contribution >= 4 is 17.6 Å². The highest BCUT2D eigenvalue weighted by molar-refractivity contribution is 6.30. The molecule has 0 aliphatic heterocycles. The second-order valence-corrected chi connectivity index (χ2v) is 5.25. The van der Waals surface area contributed by atoms with E-state index >= 15 is 0 Å². The van der Waals surface area contributed by atoms with Crippen molar-refractivity contribution < 1.29 is 14.4 Å². The third-order valence-electron chi connectivity index (χ3n) is 3.47. The van der Waals surface area contributed by atoms with Gasteiger partial charge in [-0.3, -0.25) is 9.78 Å². The normalized spacial score (nSPS) is 21.4. The number of hydrogen-bond acceptors (Lipinski definition) is 5. The second-order valence-electron chi connectivity index (χ2n) is 4.81. The van der Waals surface area contributed by atoms with E-state index in [9.17, 15) is 9.90 Å². The van der Waals surface area contributed by atoms with Gasteiger partial charge in [-0.15, -0.1) is 0 Å². The molecule has 0 saturated heterocycles. The molecule has 2 atom stereocenters. The van der Waals surface area contributed by atoms with Crippen LogP contribution in [0.2, 0.25) is 5.02 Å². The van der Waals surface area contributed by atoms with E-state index in [0.717, 1.165) is 0 Å². The van der Waals surface area contributed by atoms with Gasteiger partial charge in [-0.1, -0.05) is 28.9 Å². The average Bonchev–Trinajstić information content (AvgIpc) is 2.97. The minimum atomic E-state index is -0.853. The lowest BCUT2D eigenvalue weighted by molar-refractivity contribution is -0.142. The van der Waals surface area contributed by atoms with E-state index in [1.54, 1.807) is 12.1 Å². The van der Waals surface area contributed by atoms with Crippen molar-refractivity contribution in [2.24, 2.45) is 5.92 Å². The van der Waals surface area contributed by atoms with Crippen LogP contribution in [-0.4, -0.2) is 26.2 Å². The fourth-order valence-electron chi connectivity index (χ4n) is 2.36.